The van der Waals surface area contributed by atoms with Crippen molar-refractivity contribution in [2.24, 2.45) is 5.92 Å². The maximum Gasteiger partial charge on any atom is 0.416 e. The van der Waals surface area contributed by atoms with Crippen LogP contribution in [-0.4, -0.2) is 15.3 Å². The fourth-order valence-electron chi connectivity index (χ4n) is 3.37. The molecule has 2 heterocycles. The van der Waals surface area contributed by atoms with Crippen molar-refractivity contribution in [1.29, 1.82) is 0 Å². The van der Waals surface area contributed by atoms with Gasteiger partial charge in [-0.1, -0.05) is 6.07 Å². The van der Waals surface area contributed by atoms with Crippen LogP contribution in [0.4, 0.5) is 18.9 Å². The molecule has 0 bridgehead atoms. The van der Waals surface area contributed by atoms with E-state index in [2.05, 4.69) is 10.3 Å². The maximum atomic E-state index is 12.6. The van der Waals surface area contributed by atoms with Gasteiger partial charge in [0.1, 0.15) is 5.65 Å². The molecule has 0 saturated heterocycles. The molecule has 0 radical (unpaired) electrons. The average molecular weight is 359 g/mol. The smallest absolute Gasteiger partial charge is 0.326 e. The number of benzene rings is 1. The number of imidazole rings is 1. The predicted octanol–water partition coefficient (Wildman–Crippen LogP) is 4.10. The highest BCUT2D eigenvalue weighted by molar-refractivity contribution is 5.92. The van der Waals surface area contributed by atoms with Crippen molar-refractivity contribution in [3.05, 3.63) is 65.6 Å². The lowest BCUT2D eigenvalue weighted by Crippen LogP contribution is -2.28. The van der Waals surface area contributed by atoms with E-state index in [-0.39, 0.29) is 11.8 Å². The molecule has 0 fully saturated rings. The molecule has 3 aromatic rings. The molecule has 26 heavy (non-hydrogen) atoms. The zero-order valence-corrected chi connectivity index (χ0v) is 13.8. The van der Waals surface area contributed by atoms with Gasteiger partial charge in [-0.3, -0.25) is 4.79 Å². The predicted molar refractivity (Wildman–Crippen MR) is 90.8 cm³/mol. The number of aryl methyl sites for hydroxylation is 1. The number of amides is 1. The molecule has 0 saturated carbocycles. The number of hydrogen-bond acceptors (Lipinski definition) is 2. The van der Waals surface area contributed by atoms with Crippen LogP contribution >= 0.6 is 0 Å². The van der Waals surface area contributed by atoms with Crippen molar-refractivity contribution in [2.45, 2.75) is 25.4 Å². The number of pyridine rings is 1. The summed E-state index contributed by atoms with van der Waals surface area (Å²) in [5.41, 5.74) is 2.53. The second-order valence-electron chi connectivity index (χ2n) is 6.44. The van der Waals surface area contributed by atoms with Gasteiger partial charge in [-0.2, -0.15) is 13.2 Å². The van der Waals surface area contributed by atoms with Crippen LogP contribution in [0.2, 0.25) is 0 Å². The van der Waals surface area contributed by atoms with E-state index in [1.165, 1.54) is 12.1 Å². The van der Waals surface area contributed by atoms with Crippen LogP contribution in [0, 0.1) is 5.92 Å². The number of carbonyl (C=O) groups is 1. The second-order valence-corrected chi connectivity index (χ2v) is 6.44. The first-order valence-corrected chi connectivity index (χ1v) is 8.35. The Morgan fingerprint density at radius 3 is 2.65 bits per heavy atom. The maximum absolute atomic E-state index is 12.6. The Labute approximate surface area is 147 Å². The van der Waals surface area contributed by atoms with Gasteiger partial charge in [0.25, 0.3) is 0 Å². The van der Waals surface area contributed by atoms with Gasteiger partial charge in [-0.05, 0) is 49.2 Å². The van der Waals surface area contributed by atoms with Gasteiger partial charge < -0.3 is 9.72 Å². The van der Waals surface area contributed by atoms with Crippen molar-refractivity contribution in [3.63, 3.8) is 0 Å². The molecule has 1 aliphatic carbocycles. The number of anilines is 1. The van der Waals surface area contributed by atoms with Gasteiger partial charge in [0, 0.05) is 29.9 Å². The molecule has 0 aliphatic heterocycles. The molecule has 1 aromatic carbocycles. The zero-order chi connectivity index (χ0) is 18.3. The fraction of sp³-hybridized carbons (Fsp3) is 0.263. The summed E-state index contributed by atoms with van der Waals surface area (Å²) >= 11 is 0. The number of nitrogens with one attached hydrogen (secondary N) is 1. The van der Waals surface area contributed by atoms with Crippen molar-refractivity contribution < 1.29 is 18.0 Å². The lowest BCUT2D eigenvalue weighted by molar-refractivity contribution is -0.137. The second kappa shape index (κ2) is 6.16. The number of rotatable bonds is 2. The zero-order valence-electron chi connectivity index (χ0n) is 13.8. The molecule has 1 aliphatic rings. The molecule has 2 aromatic heterocycles. The summed E-state index contributed by atoms with van der Waals surface area (Å²) < 4.78 is 39.8. The highest BCUT2D eigenvalue weighted by Gasteiger charge is 2.31. The summed E-state index contributed by atoms with van der Waals surface area (Å²) in [6, 6.07) is 10.3. The SMILES string of the molecule is O=C(Nc1ccc(C(F)(F)F)cc1)C1CCc2nc3ccccn3c2C1. The van der Waals surface area contributed by atoms with E-state index >= 15 is 0 Å². The van der Waals surface area contributed by atoms with Crippen LogP contribution in [0.1, 0.15) is 23.4 Å². The fourth-order valence-corrected chi connectivity index (χ4v) is 3.37. The monoisotopic (exact) mass is 359 g/mol. The molecule has 1 unspecified atom stereocenters. The van der Waals surface area contributed by atoms with E-state index < -0.39 is 11.7 Å². The van der Waals surface area contributed by atoms with Gasteiger partial charge in [0.15, 0.2) is 0 Å². The number of nitrogens with zero attached hydrogens (tertiary/aromatic N) is 2. The molecule has 4 rings (SSSR count). The lowest BCUT2D eigenvalue weighted by Gasteiger charge is -2.21. The Kier molecular flexibility index (Phi) is 3.94. The summed E-state index contributed by atoms with van der Waals surface area (Å²) in [6.07, 6.45) is -0.513. The third kappa shape index (κ3) is 3.05. The highest BCUT2D eigenvalue weighted by Crippen LogP contribution is 2.30. The molecular formula is C19H16F3N3O. The third-order valence-electron chi connectivity index (χ3n) is 4.73. The number of alkyl halides is 3. The minimum atomic E-state index is -4.38. The molecular weight excluding hydrogens is 343 g/mol. The first-order chi connectivity index (χ1) is 12.4. The van der Waals surface area contributed by atoms with Crippen LogP contribution in [0.15, 0.2) is 48.7 Å². The van der Waals surface area contributed by atoms with Crippen molar-refractivity contribution >= 4 is 17.2 Å². The van der Waals surface area contributed by atoms with Gasteiger partial charge in [-0.25, -0.2) is 4.98 Å². The number of hydrogen-bond donors (Lipinski definition) is 1. The molecule has 1 N–H and O–H groups in total. The highest BCUT2D eigenvalue weighted by atomic mass is 19.4. The van der Waals surface area contributed by atoms with E-state index in [0.717, 1.165) is 29.2 Å². The molecule has 4 nitrogen and oxygen atoms in total. The Hall–Kier alpha value is -2.83. The number of halogens is 3. The lowest BCUT2D eigenvalue weighted by atomic mass is 9.89. The van der Waals surface area contributed by atoms with Gasteiger partial charge >= 0.3 is 6.18 Å². The number of fused-ring (bicyclic) bond motifs is 3. The molecule has 134 valence electrons. The van der Waals surface area contributed by atoms with Crippen LogP contribution in [0.5, 0.6) is 0 Å². The van der Waals surface area contributed by atoms with Gasteiger partial charge in [-0.15, -0.1) is 0 Å². The Bertz CT molecular complexity index is 960. The number of carbonyl (C=O) groups excluding carboxylic acids is 1. The molecule has 7 heteroatoms. The largest absolute Gasteiger partial charge is 0.416 e. The minimum Gasteiger partial charge on any atom is -0.326 e. The topological polar surface area (TPSA) is 46.4 Å². The Morgan fingerprint density at radius 2 is 1.92 bits per heavy atom. The normalized spacial score (nSPS) is 17.1. The van der Waals surface area contributed by atoms with E-state index in [9.17, 15) is 18.0 Å². The van der Waals surface area contributed by atoms with Crippen LogP contribution in [-0.2, 0) is 23.8 Å². The van der Waals surface area contributed by atoms with Crippen LogP contribution in [0.3, 0.4) is 0 Å². The van der Waals surface area contributed by atoms with E-state index in [0.29, 0.717) is 24.9 Å². The van der Waals surface area contributed by atoms with Gasteiger partial charge in [0.2, 0.25) is 5.91 Å². The van der Waals surface area contributed by atoms with Crippen LogP contribution < -0.4 is 5.32 Å². The van der Waals surface area contributed by atoms with Crippen molar-refractivity contribution in [3.8, 4) is 0 Å². The minimum absolute atomic E-state index is 0.179. The third-order valence-corrected chi connectivity index (χ3v) is 4.73. The summed E-state index contributed by atoms with van der Waals surface area (Å²) in [5.74, 6) is -0.411. The quantitative estimate of drug-likeness (QED) is 0.749. The van der Waals surface area contributed by atoms with Crippen LogP contribution in [0.25, 0.3) is 5.65 Å². The Balaban J connectivity index is 1.49. The first kappa shape index (κ1) is 16.6. The number of aromatic nitrogens is 2. The molecule has 1 atom stereocenters. The van der Waals surface area contributed by atoms with Gasteiger partial charge in [0.05, 0.1) is 11.3 Å². The summed E-state index contributed by atoms with van der Waals surface area (Å²) in [5, 5.41) is 2.73. The van der Waals surface area contributed by atoms with E-state index in [1.807, 2.05) is 28.8 Å². The summed E-state index contributed by atoms with van der Waals surface area (Å²) in [7, 11) is 0. The average Bonchev–Trinajstić information content (AvgIpc) is 2.99. The van der Waals surface area contributed by atoms with E-state index in [1.54, 1.807) is 0 Å². The standard InChI is InChI=1S/C19H16F3N3O/c20-19(21,22)13-5-7-14(8-6-13)23-18(26)12-4-9-15-16(11-12)25-10-2-1-3-17(25)24-15/h1-3,5-8,10,12H,4,9,11H2,(H,23,26). The van der Waals surface area contributed by atoms with E-state index in [4.69, 9.17) is 0 Å². The Morgan fingerprint density at radius 1 is 1.15 bits per heavy atom. The summed E-state index contributed by atoms with van der Waals surface area (Å²) in [4.78, 5) is 17.1. The van der Waals surface area contributed by atoms with Crippen molar-refractivity contribution in [2.75, 3.05) is 5.32 Å². The van der Waals surface area contributed by atoms with Crippen molar-refractivity contribution in [1.82, 2.24) is 9.38 Å². The molecule has 0 spiro atoms. The first-order valence-electron chi connectivity index (χ1n) is 8.35. The summed E-state index contributed by atoms with van der Waals surface area (Å²) in [6.45, 7) is 0. The molecule has 1 amide bonds.